The zero-order chi connectivity index (χ0) is 11.6. The van der Waals surface area contributed by atoms with Gasteiger partial charge in [0.1, 0.15) is 10.4 Å². The molecule has 1 aromatic heterocycles. The predicted octanol–water partition coefficient (Wildman–Crippen LogP) is 1.60. The lowest BCUT2D eigenvalue weighted by Crippen LogP contribution is -2.33. The summed E-state index contributed by atoms with van der Waals surface area (Å²) in [6.45, 7) is 1.17. The van der Waals surface area contributed by atoms with Gasteiger partial charge >= 0.3 is 10.2 Å². The third-order valence-corrected chi connectivity index (χ3v) is 4.31. The molecular formula is C9H12BrN3O2S. The largest absolute Gasteiger partial charge is 0.302 e. The van der Waals surface area contributed by atoms with Crippen molar-refractivity contribution in [2.75, 3.05) is 17.8 Å². The summed E-state index contributed by atoms with van der Waals surface area (Å²) in [6, 6.07) is 5.10. The van der Waals surface area contributed by atoms with Gasteiger partial charge in [0.2, 0.25) is 0 Å². The first-order valence-electron chi connectivity index (χ1n) is 4.98. The molecule has 2 heterocycles. The summed E-state index contributed by atoms with van der Waals surface area (Å²) in [5.41, 5.74) is 0. The van der Waals surface area contributed by atoms with Gasteiger partial charge in [-0.15, -0.1) is 0 Å². The van der Waals surface area contributed by atoms with Crippen LogP contribution in [0.2, 0.25) is 0 Å². The van der Waals surface area contributed by atoms with E-state index < -0.39 is 10.2 Å². The molecule has 16 heavy (non-hydrogen) atoms. The van der Waals surface area contributed by atoms with Crippen molar-refractivity contribution in [1.82, 2.24) is 9.29 Å². The highest BCUT2D eigenvalue weighted by atomic mass is 79.9. The first-order valence-corrected chi connectivity index (χ1v) is 7.22. The molecule has 1 N–H and O–H groups in total. The summed E-state index contributed by atoms with van der Waals surface area (Å²) < 4.78 is 28.2. The molecule has 0 aliphatic carbocycles. The van der Waals surface area contributed by atoms with Crippen LogP contribution in [0.15, 0.2) is 22.8 Å². The molecule has 0 radical (unpaired) electrons. The molecule has 1 fully saturated rings. The molecule has 5 nitrogen and oxygen atoms in total. The third-order valence-electron chi connectivity index (χ3n) is 2.35. The van der Waals surface area contributed by atoms with Crippen molar-refractivity contribution < 1.29 is 8.42 Å². The average Bonchev–Trinajstić information content (AvgIpc) is 2.69. The summed E-state index contributed by atoms with van der Waals surface area (Å²) in [5.74, 6) is 0.335. The topological polar surface area (TPSA) is 62.3 Å². The van der Waals surface area contributed by atoms with Gasteiger partial charge in [0, 0.05) is 13.1 Å². The zero-order valence-electron chi connectivity index (χ0n) is 8.56. The highest BCUT2D eigenvalue weighted by molar-refractivity contribution is 9.10. The van der Waals surface area contributed by atoms with Crippen LogP contribution in [0.3, 0.4) is 0 Å². The number of aromatic nitrogens is 1. The first kappa shape index (κ1) is 11.8. The molecule has 0 aromatic carbocycles. The Kier molecular flexibility index (Phi) is 3.46. The van der Waals surface area contributed by atoms with E-state index in [0.29, 0.717) is 23.5 Å². The van der Waals surface area contributed by atoms with E-state index >= 15 is 0 Å². The molecule has 1 aliphatic rings. The second-order valence-electron chi connectivity index (χ2n) is 3.56. The van der Waals surface area contributed by atoms with Gasteiger partial charge in [0.05, 0.1) is 0 Å². The number of anilines is 1. The van der Waals surface area contributed by atoms with Gasteiger partial charge in [-0.25, -0.2) is 4.98 Å². The number of nitrogens with one attached hydrogen (secondary N) is 1. The minimum Gasteiger partial charge on any atom is -0.254 e. The van der Waals surface area contributed by atoms with Gasteiger partial charge in [0.25, 0.3) is 0 Å². The Balaban J connectivity index is 2.14. The number of halogens is 1. The Hall–Kier alpha value is -0.660. The van der Waals surface area contributed by atoms with E-state index in [1.54, 1.807) is 18.2 Å². The highest BCUT2D eigenvalue weighted by Gasteiger charge is 2.25. The number of rotatable bonds is 3. The lowest BCUT2D eigenvalue weighted by Gasteiger charge is -2.16. The van der Waals surface area contributed by atoms with Gasteiger partial charge in [-0.05, 0) is 40.9 Å². The van der Waals surface area contributed by atoms with Gasteiger partial charge in [0.15, 0.2) is 0 Å². The van der Waals surface area contributed by atoms with E-state index in [1.807, 2.05) is 0 Å². The van der Waals surface area contributed by atoms with Crippen LogP contribution in [-0.4, -0.2) is 30.8 Å². The second-order valence-corrected chi connectivity index (χ2v) is 6.04. The SMILES string of the molecule is O=S(=O)(Nc1cccc(Br)n1)N1CCCC1. The van der Waals surface area contributed by atoms with E-state index in [0.717, 1.165) is 12.8 Å². The maximum atomic E-state index is 11.9. The van der Waals surface area contributed by atoms with Crippen molar-refractivity contribution in [1.29, 1.82) is 0 Å². The number of hydrogen-bond acceptors (Lipinski definition) is 3. The highest BCUT2D eigenvalue weighted by Crippen LogP contribution is 2.16. The van der Waals surface area contributed by atoms with Crippen LogP contribution in [-0.2, 0) is 10.2 Å². The molecule has 1 aromatic rings. The Bertz CT molecular complexity index is 471. The molecule has 0 atom stereocenters. The van der Waals surface area contributed by atoms with Crippen molar-refractivity contribution in [3.05, 3.63) is 22.8 Å². The summed E-state index contributed by atoms with van der Waals surface area (Å²) in [7, 11) is -3.43. The molecule has 0 amide bonds. The van der Waals surface area contributed by atoms with Crippen molar-refractivity contribution in [3.8, 4) is 0 Å². The standard InChI is InChI=1S/C9H12BrN3O2S/c10-8-4-3-5-9(11-8)12-16(14,15)13-6-1-2-7-13/h3-5H,1-2,6-7H2,(H,11,12). The third kappa shape index (κ3) is 2.72. The number of pyridine rings is 1. The second kappa shape index (κ2) is 4.68. The normalized spacial score (nSPS) is 17.6. The Morgan fingerprint density at radius 2 is 2.00 bits per heavy atom. The fraction of sp³-hybridized carbons (Fsp3) is 0.444. The molecule has 7 heteroatoms. The van der Waals surface area contributed by atoms with Gasteiger partial charge < -0.3 is 0 Å². The zero-order valence-corrected chi connectivity index (χ0v) is 11.0. The Morgan fingerprint density at radius 3 is 2.62 bits per heavy atom. The first-order chi connectivity index (χ1) is 7.58. The van der Waals surface area contributed by atoms with Crippen molar-refractivity contribution in [3.63, 3.8) is 0 Å². The predicted molar refractivity (Wildman–Crippen MR) is 65.3 cm³/mol. The molecule has 2 rings (SSSR count). The molecule has 1 aliphatic heterocycles. The minimum atomic E-state index is -3.43. The molecule has 1 saturated heterocycles. The Morgan fingerprint density at radius 1 is 1.31 bits per heavy atom. The fourth-order valence-electron chi connectivity index (χ4n) is 1.59. The quantitative estimate of drug-likeness (QED) is 0.863. The summed E-state index contributed by atoms with van der Waals surface area (Å²) in [5, 5.41) is 0. The summed E-state index contributed by atoms with van der Waals surface area (Å²) in [6.07, 6.45) is 1.85. The summed E-state index contributed by atoms with van der Waals surface area (Å²) in [4.78, 5) is 4.03. The van der Waals surface area contributed by atoms with Gasteiger partial charge in [-0.3, -0.25) is 4.72 Å². The monoisotopic (exact) mass is 305 g/mol. The van der Waals surface area contributed by atoms with E-state index in [2.05, 4.69) is 25.6 Å². The number of hydrogen-bond donors (Lipinski definition) is 1. The van der Waals surface area contributed by atoms with Gasteiger partial charge in [-0.1, -0.05) is 6.07 Å². The molecule has 0 bridgehead atoms. The molecule has 0 spiro atoms. The van der Waals surface area contributed by atoms with Crippen LogP contribution in [0.1, 0.15) is 12.8 Å². The molecule has 0 saturated carbocycles. The molecule has 88 valence electrons. The van der Waals surface area contributed by atoms with E-state index in [4.69, 9.17) is 0 Å². The maximum Gasteiger partial charge on any atom is 0.302 e. The maximum absolute atomic E-state index is 11.9. The smallest absolute Gasteiger partial charge is 0.254 e. The number of nitrogens with zero attached hydrogens (tertiary/aromatic N) is 2. The van der Waals surface area contributed by atoms with Crippen molar-refractivity contribution >= 4 is 32.0 Å². The van der Waals surface area contributed by atoms with Crippen LogP contribution in [0.4, 0.5) is 5.82 Å². The van der Waals surface area contributed by atoms with Crippen molar-refractivity contribution in [2.45, 2.75) is 12.8 Å². The van der Waals surface area contributed by atoms with E-state index in [1.165, 1.54) is 4.31 Å². The lowest BCUT2D eigenvalue weighted by molar-refractivity contribution is 0.482. The van der Waals surface area contributed by atoms with Crippen LogP contribution in [0, 0.1) is 0 Å². The average molecular weight is 306 g/mol. The lowest BCUT2D eigenvalue weighted by atomic mass is 10.4. The summed E-state index contributed by atoms with van der Waals surface area (Å²) >= 11 is 3.19. The van der Waals surface area contributed by atoms with Gasteiger partial charge in [-0.2, -0.15) is 12.7 Å². The van der Waals surface area contributed by atoms with Crippen LogP contribution >= 0.6 is 15.9 Å². The van der Waals surface area contributed by atoms with Crippen LogP contribution < -0.4 is 4.72 Å². The van der Waals surface area contributed by atoms with Crippen LogP contribution in [0.25, 0.3) is 0 Å². The molecule has 0 unspecified atom stereocenters. The van der Waals surface area contributed by atoms with E-state index in [9.17, 15) is 8.42 Å². The van der Waals surface area contributed by atoms with E-state index in [-0.39, 0.29) is 0 Å². The molecular weight excluding hydrogens is 294 g/mol. The Labute approximate surface area is 103 Å². The van der Waals surface area contributed by atoms with Crippen molar-refractivity contribution in [2.24, 2.45) is 0 Å². The fourth-order valence-corrected chi connectivity index (χ4v) is 3.18. The van der Waals surface area contributed by atoms with Crippen LogP contribution in [0.5, 0.6) is 0 Å². The minimum absolute atomic E-state index is 0.335.